The first kappa shape index (κ1) is 12.7. The molecule has 1 aliphatic rings. The molecule has 2 aromatic heterocycles. The zero-order chi connectivity index (χ0) is 14.1. The lowest BCUT2D eigenvalue weighted by atomic mass is 10.1. The highest BCUT2D eigenvalue weighted by molar-refractivity contribution is 5.97. The van der Waals surface area contributed by atoms with Crippen LogP contribution in [0, 0.1) is 0 Å². The zero-order valence-electron chi connectivity index (χ0n) is 11.2. The normalized spacial score (nSPS) is 19.1. The van der Waals surface area contributed by atoms with Crippen LogP contribution in [0.3, 0.4) is 0 Å². The van der Waals surface area contributed by atoms with Crippen LogP contribution in [0.2, 0.25) is 0 Å². The fourth-order valence-corrected chi connectivity index (χ4v) is 2.55. The maximum absolute atomic E-state index is 12.6. The summed E-state index contributed by atoms with van der Waals surface area (Å²) in [5.41, 5.74) is 1.11. The summed E-state index contributed by atoms with van der Waals surface area (Å²) in [7, 11) is 0. The van der Waals surface area contributed by atoms with Crippen molar-refractivity contribution in [3.05, 3.63) is 36.3 Å². The molecule has 20 heavy (non-hydrogen) atoms. The Bertz CT molecular complexity index is 631. The highest BCUT2D eigenvalue weighted by atomic mass is 16.2. The average molecular weight is 272 g/mol. The molecule has 0 aliphatic carbocycles. The highest BCUT2D eigenvalue weighted by Crippen LogP contribution is 2.14. The second-order valence-electron chi connectivity index (χ2n) is 4.81. The van der Waals surface area contributed by atoms with Crippen LogP contribution in [-0.4, -0.2) is 45.2 Å². The van der Waals surface area contributed by atoms with E-state index in [-0.39, 0.29) is 11.8 Å². The number of carbonyl (C=O) groups is 2. The van der Waals surface area contributed by atoms with Gasteiger partial charge in [0.2, 0.25) is 5.91 Å². The average Bonchev–Trinajstić information content (AvgIpc) is 2.90. The SMILES string of the molecule is CCC1C(=O)NCCN1C(=O)c1cn2ccccc2n1. The van der Waals surface area contributed by atoms with Gasteiger partial charge in [-0.2, -0.15) is 0 Å². The van der Waals surface area contributed by atoms with Crippen molar-refractivity contribution in [3.8, 4) is 0 Å². The minimum atomic E-state index is -0.402. The predicted molar refractivity (Wildman–Crippen MR) is 73.3 cm³/mol. The molecule has 1 aliphatic heterocycles. The quantitative estimate of drug-likeness (QED) is 0.874. The number of fused-ring (bicyclic) bond motifs is 1. The number of piperazine rings is 1. The van der Waals surface area contributed by atoms with Crippen molar-refractivity contribution in [2.24, 2.45) is 0 Å². The second-order valence-corrected chi connectivity index (χ2v) is 4.81. The van der Waals surface area contributed by atoms with Gasteiger partial charge in [-0.1, -0.05) is 13.0 Å². The van der Waals surface area contributed by atoms with Crippen molar-refractivity contribution < 1.29 is 9.59 Å². The van der Waals surface area contributed by atoms with Crippen LogP contribution in [0.1, 0.15) is 23.8 Å². The number of pyridine rings is 1. The Morgan fingerprint density at radius 1 is 1.50 bits per heavy atom. The summed E-state index contributed by atoms with van der Waals surface area (Å²) in [4.78, 5) is 30.3. The fourth-order valence-electron chi connectivity index (χ4n) is 2.55. The lowest BCUT2D eigenvalue weighted by Crippen LogP contribution is -2.56. The van der Waals surface area contributed by atoms with E-state index in [1.807, 2.05) is 31.3 Å². The summed E-state index contributed by atoms with van der Waals surface area (Å²) < 4.78 is 1.80. The number of nitrogens with zero attached hydrogens (tertiary/aromatic N) is 3. The van der Waals surface area contributed by atoms with Crippen molar-refractivity contribution in [1.29, 1.82) is 0 Å². The molecular formula is C14H16N4O2. The highest BCUT2D eigenvalue weighted by Gasteiger charge is 2.33. The Balaban J connectivity index is 1.92. The topological polar surface area (TPSA) is 66.7 Å². The van der Waals surface area contributed by atoms with Crippen molar-refractivity contribution in [2.45, 2.75) is 19.4 Å². The fraction of sp³-hybridized carbons (Fsp3) is 0.357. The van der Waals surface area contributed by atoms with Crippen LogP contribution >= 0.6 is 0 Å². The maximum atomic E-state index is 12.6. The Hall–Kier alpha value is -2.37. The molecule has 3 heterocycles. The molecule has 0 bridgehead atoms. The van der Waals surface area contributed by atoms with E-state index in [2.05, 4.69) is 10.3 Å². The van der Waals surface area contributed by atoms with E-state index in [0.29, 0.717) is 25.2 Å². The maximum Gasteiger partial charge on any atom is 0.274 e. The minimum absolute atomic E-state index is 0.0872. The molecule has 2 aromatic rings. The lowest BCUT2D eigenvalue weighted by molar-refractivity contribution is -0.127. The van der Waals surface area contributed by atoms with Gasteiger partial charge in [0.15, 0.2) is 0 Å². The molecule has 1 fully saturated rings. The number of nitrogens with one attached hydrogen (secondary N) is 1. The largest absolute Gasteiger partial charge is 0.353 e. The van der Waals surface area contributed by atoms with Crippen LogP contribution in [0.25, 0.3) is 5.65 Å². The lowest BCUT2D eigenvalue weighted by Gasteiger charge is -2.33. The molecule has 3 rings (SSSR count). The molecule has 0 aromatic carbocycles. The Labute approximate surface area is 116 Å². The number of hydrogen-bond acceptors (Lipinski definition) is 3. The molecule has 0 spiro atoms. The van der Waals surface area contributed by atoms with Gasteiger partial charge in [0.05, 0.1) is 0 Å². The van der Waals surface area contributed by atoms with E-state index in [9.17, 15) is 9.59 Å². The molecule has 6 nitrogen and oxygen atoms in total. The third-order valence-electron chi connectivity index (χ3n) is 3.56. The molecule has 104 valence electrons. The molecular weight excluding hydrogens is 256 g/mol. The van der Waals surface area contributed by atoms with E-state index in [1.165, 1.54) is 0 Å². The second kappa shape index (κ2) is 4.96. The van der Waals surface area contributed by atoms with Crippen molar-refractivity contribution in [2.75, 3.05) is 13.1 Å². The van der Waals surface area contributed by atoms with Gasteiger partial charge >= 0.3 is 0 Å². The van der Waals surface area contributed by atoms with Crippen molar-refractivity contribution in [1.82, 2.24) is 19.6 Å². The molecule has 6 heteroatoms. The number of rotatable bonds is 2. The van der Waals surface area contributed by atoms with Crippen LogP contribution in [-0.2, 0) is 4.79 Å². The molecule has 1 N–H and O–H groups in total. The third-order valence-corrected chi connectivity index (χ3v) is 3.56. The summed E-state index contributed by atoms with van der Waals surface area (Å²) in [5.74, 6) is -0.272. The van der Waals surface area contributed by atoms with Gasteiger partial charge < -0.3 is 14.6 Å². The van der Waals surface area contributed by atoms with Gasteiger partial charge in [0.25, 0.3) is 5.91 Å². The van der Waals surface area contributed by atoms with Crippen LogP contribution < -0.4 is 5.32 Å². The van der Waals surface area contributed by atoms with Gasteiger partial charge in [-0.25, -0.2) is 4.98 Å². The summed E-state index contributed by atoms with van der Waals surface area (Å²) in [6.45, 7) is 2.92. The molecule has 2 amide bonds. The first-order valence-corrected chi connectivity index (χ1v) is 6.73. The Morgan fingerprint density at radius 3 is 3.10 bits per heavy atom. The number of hydrogen-bond donors (Lipinski definition) is 1. The molecule has 1 saturated heterocycles. The Morgan fingerprint density at radius 2 is 2.35 bits per heavy atom. The van der Waals surface area contributed by atoms with Crippen molar-refractivity contribution in [3.63, 3.8) is 0 Å². The van der Waals surface area contributed by atoms with E-state index >= 15 is 0 Å². The van der Waals surface area contributed by atoms with Gasteiger partial charge in [-0.3, -0.25) is 9.59 Å². The summed E-state index contributed by atoms with van der Waals surface area (Å²) >= 11 is 0. The number of aromatic nitrogens is 2. The van der Waals surface area contributed by atoms with E-state index < -0.39 is 6.04 Å². The monoisotopic (exact) mass is 272 g/mol. The summed E-state index contributed by atoms with van der Waals surface area (Å²) in [6.07, 6.45) is 4.15. The van der Waals surface area contributed by atoms with Crippen molar-refractivity contribution >= 4 is 17.5 Å². The van der Waals surface area contributed by atoms with Gasteiger partial charge in [0.1, 0.15) is 17.4 Å². The molecule has 0 saturated carbocycles. The van der Waals surface area contributed by atoms with E-state index in [0.717, 1.165) is 5.65 Å². The number of amides is 2. The number of carbonyl (C=O) groups excluding carboxylic acids is 2. The summed E-state index contributed by atoms with van der Waals surface area (Å²) in [5, 5.41) is 2.79. The first-order chi connectivity index (χ1) is 9.70. The van der Waals surface area contributed by atoms with Gasteiger partial charge in [0, 0.05) is 25.5 Å². The predicted octanol–water partition coefficient (Wildman–Crippen LogP) is 0.685. The smallest absolute Gasteiger partial charge is 0.274 e. The standard InChI is InChI=1S/C14H16N4O2/c1-2-11-13(19)15-6-8-18(11)14(20)10-9-17-7-4-3-5-12(17)16-10/h3-5,7,9,11H,2,6,8H2,1H3,(H,15,19). The zero-order valence-corrected chi connectivity index (χ0v) is 11.2. The first-order valence-electron chi connectivity index (χ1n) is 6.73. The minimum Gasteiger partial charge on any atom is -0.353 e. The van der Waals surface area contributed by atoms with Crippen LogP contribution in [0.4, 0.5) is 0 Å². The number of imidazole rings is 1. The Kier molecular flexibility index (Phi) is 3.14. The van der Waals surface area contributed by atoms with E-state index in [1.54, 1.807) is 15.5 Å². The molecule has 1 unspecified atom stereocenters. The van der Waals surface area contributed by atoms with Gasteiger partial charge in [-0.05, 0) is 18.6 Å². The van der Waals surface area contributed by atoms with Gasteiger partial charge in [-0.15, -0.1) is 0 Å². The molecule has 1 atom stereocenters. The third kappa shape index (κ3) is 2.03. The van der Waals surface area contributed by atoms with Crippen LogP contribution in [0.5, 0.6) is 0 Å². The summed E-state index contributed by atoms with van der Waals surface area (Å²) in [6, 6.07) is 5.20. The van der Waals surface area contributed by atoms with E-state index in [4.69, 9.17) is 0 Å². The molecule has 0 radical (unpaired) electrons. The van der Waals surface area contributed by atoms with Crippen LogP contribution in [0.15, 0.2) is 30.6 Å².